The van der Waals surface area contributed by atoms with Crippen molar-refractivity contribution in [1.29, 1.82) is 0 Å². The fourth-order valence-electron chi connectivity index (χ4n) is 2.42. The zero-order valence-electron chi connectivity index (χ0n) is 16.1. The van der Waals surface area contributed by atoms with Crippen LogP contribution in [0.4, 0.5) is 0 Å². The minimum absolute atomic E-state index is 0.0100. The number of nitrogens with zero attached hydrogens (tertiary/aromatic N) is 1. The second kappa shape index (κ2) is 9.40. The zero-order valence-corrected chi connectivity index (χ0v) is 16.1. The number of hydrazone groups is 1. The Hall–Kier alpha value is -3.55. The summed E-state index contributed by atoms with van der Waals surface area (Å²) in [5.74, 6) is -1.13. The number of carbonyl (C=O) groups excluding carboxylic acids is 2. The number of rotatable bonds is 8. The highest BCUT2D eigenvalue weighted by molar-refractivity contribution is 6.01. The van der Waals surface area contributed by atoms with Crippen molar-refractivity contribution in [2.24, 2.45) is 5.10 Å². The van der Waals surface area contributed by atoms with Crippen LogP contribution in [-0.2, 0) is 4.79 Å². The predicted octanol–water partition coefficient (Wildman–Crippen LogP) is 1.21. The summed E-state index contributed by atoms with van der Waals surface area (Å²) in [5, 5.41) is 15.2. The maximum absolute atomic E-state index is 11.9. The Kier molecular flexibility index (Phi) is 6.97. The number of ether oxygens (including phenoxy) is 3. The monoisotopic (exact) mass is 385 g/mol. The van der Waals surface area contributed by atoms with Crippen LogP contribution in [0.3, 0.4) is 0 Å². The molecule has 0 unspecified atom stereocenters. The summed E-state index contributed by atoms with van der Waals surface area (Å²) in [6.07, 6.45) is 1.18. The molecule has 1 N–H and O–H groups in total. The number of amides is 1. The van der Waals surface area contributed by atoms with Gasteiger partial charge in [-0.15, -0.1) is 0 Å². The predicted molar refractivity (Wildman–Crippen MR) is 101 cm³/mol. The van der Waals surface area contributed by atoms with Crippen molar-refractivity contribution in [2.45, 2.75) is 13.8 Å². The van der Waals surface area contributed by atoms with E-state index in [1.54, 1.807) is 6.07 Å². The first-order valence-electron chi connectivity index (χ1n) is 8.35. The van der Waals surface area contributed by atoms with Crippen LogP contribution in [0.15, 0.2) is 35.4 Å². The van der Waals surface area contributed by atoms with E-state index in [2.05, 4.69) is 10.5 Å². The van der Waals surface area contributed by atoms with Gasteiger partial charge in [0.2, 0.25) is 0 Å². The van der Waals surface area contributed by atoms with E-state index in [0.29, 0.717) is 5.75 Å². The average molecular weight is 385 g/mol. The summed E-state index contributed by atoms with van der Waals surface area (Å²) in [7, 11) is 2.71. The van der Waals surface area contributed by atoms with Crippen LogP contribution in [0.5, 0.6) is 17.2 Å². The normalized spacial score (nSPS) is 10.6. The van der Waals surface area contributed by atoms with E-state index in [1.807, 2.05) is 26.0 Å². The molecular formula is C20H21N2O6-. The van der Waals surface area contributed by atoms with Crippen LogP contribution in [0, 0.1) is 13.8 Å². The molecular weight excluding hydrogens is 364 g/mol. The molecule has 0 aliphatic rings. The minimum atomic E-state index is -1.46. The molecule has 1 amide bonds. The summed E-state index contributed by atoms with van der Waals surface area (Å²) in [6.45, 7) is 3.69. The SMILES string of the molecule is COc1ccc(/C=N\NC(=O)COc2ccc(C)c(C)c2)c(C(=O)[O-])c1OC. The third-order valence-corrected chi connectivity index (χ3v) is 4.02. The van der Waals surface area contributed by atoms with Crippen LogP contribution in [-0.4, -0.2) is 38.9 Å². The summed E-state index contributed by atoms with van der Waals surface area (Å²) < 4.78 is 15.6. The molecule has 8 heteroatoms. The van der Waals surface area contributed by atoms with Gasteiger partial charge in [-0.1, -0.05) is 6.07 Å². The number of hydrogen-bond acceptors (Lipinski definition) is 7. The Morgan fingerprint density at radius 1 is 1.11 bits per heavy atom. The van der Waals surface area contributed by atoms with Crippen molar-refractivity contribution >= 4 is 18.1 Å². The lowest BCUT2D eigenvalue weighted by molar-refractivity contribution is -0.255. The van der Waals surface area contributed by atoms with Crippen LogP contribution in [0.25, 0.3) is 0 Å². The summed E-state index contributed by atoms with van der Waals surface area (Å²) >= 11 is 0. The first-order valence-corrected chi connectivity index (χ1v) is 8.35. The number of aryl methyl sites for hydroxylation is 2. The van der Waals surface area contributed by atoms with Gasteiger partial charge in [0.15, 0.2) is 18.1 Å². The average Bonchev–Trinajstić information content (AvgIpc) is 2.68. The van der Waals surface area contributed by atoms with Gasteiger partial charge < -0.3 is 24.1 Å². The molecule has 0 aliphatic heterocycles. The van der Waals surface area contributed by atoms with Crippen molar-refractivity contribution in [2.75, 3.05) is 20.8 Å². The molecule has 0 saturated heterocycles. The van der Waals surface area contributed by atoms with E-state index in [-0.39, 0.29) is 29.2 Å². The van der Waals surface area contributed by atoms with Gasteiger partial charge in [-0.3, -0.25) is 4.79 Å². The Labute approximate surface area is 162 Å². The number of nitrogens with one attached hydrogen (secondary N) is 1. The summed E-state index contributed by atoms with van der Waals surface area (Å²) in [5.41, 5.74) is 4.42. The number of carboxylic acid groups (broad SMARTS) is 1. The van der Waals surface area contributed by atoms with Crippen molar-refractivity contribution in [1.82, 2.24) is 5.43 Å². The third-order valence-electron chi connectivity index (χ3n) is 4.02. The fourth-order valence-corrected chi connectivity index (χ4v) is 2.42. The van der Waals surface area contributed by atoms with Gasteiger partial charge in [0.1, 0.15) is 5.75 Å². The van der Waals surface area contributed by atoms with Crippen molar-refractivity contribution in [3.63, 3.8) is 0 Å². The highest BCUT2D eigenvalue weighted by atomic mass is 16.5. The lowest BCUT2D eigenvalue weighted by Crippen LogP contribution is -2.26. The van der Waals surface area contributed by atoms with E-state index in [4.69, 9.17) is 14.2 Å². The molecule has 28 heavy (non-hydrogen) atoms. The first kappa shape index (κ1) is 20.8. The van der Waals surface area contributed by atoms with Gasteiger partial charge in [-0.25, -0.2) is 5.43 Å². The Morgan fingerprint density at radius 2 is 1.86 bits per heavy atom. The van der Waals surface area contributed by atoms with E-state index < -0.39 is 11.9 Å². The summed E-state index contributed by atoms with van der Waals surface area (Å²) in [6, 6.07) is 8.50. The number of hydrogen-bond donors (Lipinski definition) is 1. The Balaban J connectivity index is 2.04. The smallest absolute Gasteiger partial charge is 0.277 e. The number of aromatic carboxylic acids is 1. The molecule has 2 rings (SSSR count). The standard InChI is InChI=1S/C20H22N2O6/c1-12-5-7-15(9-13(12)2)28-11-17(23)22-21-10-14-6-8-16(26-3)19(27-4)18(14)20(24)25/h5-10H,11H2,1-4H3,(H,22,23)(H,24,25)/p-1/b21-10-. The van der Waals surface area contributed by atoms with Gasteiger partial charge in [0.05, 0.1) is 32.0 Å². The minimum Gasteiger partial charge on any atom is -0.545 e. The van der Waals surface area contributed by atoms with E-state index >= 15 is 0 Å². The molecule has 2 aromatic rings. The van der Waals surface area contributed by atoms with Gasteiger partial charge in [-0.05, 0) is 49.2 Å². The first-order chi connectivity index (χ1) is 13.4. The van der Waals surface area contributed by atoms with Gasteiger partial charge >= 0.3 is 0 Å². The molecule has 0 fully saturated rings. The molecule has 0 bridgehead atoms. The maximum atomic E-state index is 11.9. The third kappa shape index (κ3) is 5.00. The molecule has 8 nitrogen and oxygen atoms in total. The molecule has 0 saturated carbocycles. The molecule has 2 aromatic carbocycles. The van der Waals surface area contributed by atoms with Crippen molar-refractivity contribution < 1.29 is 28.9 Å². The molecule has 148 valence electrons. The highest BCUT2D eigenvalue weighted by Gasteiger charge is 2.15. The van der Waals surface area contributed by atoms with Crippen molar-refractivity contribution in [3.8, 4) is 17.2 Å². The molecule has 0 atom stereocenters. The van der Waals surface area contributed by atoms with E-state index in [1.165, 1.54) is 32.6 Å². The van der Waals surface area contributed by atoms with E-state index in [9.17, 15) is 14.7 Å². The maximum Gasteiger partial charge on any atom is 0.277 e. The lowest BCUT2D eigenvalue weighted by atomic mass is 10.1. The Morgan fingerprint density at radius 3 is 2.46 bits per heavy atom. The van der Waals surface area contributed by atoms with Crippen LogP contribution in [0.2, 0.25) is 0 Å². The topological polar surface area (TPSA) is 109 Å². The number of carbonyl (C=O) groups is 2. The molecule has 0 heterocycles. The second-order valence-electron chi connectivity index (χ2n) is 5.88. The molecule has 0 radical (unpaired) electrons. The molecule has 0 spiro atoms. The second-order valence-corrected chi connectivity index (χ2v) is 5.88. The highest BCUT2D eigenvalue weighted by Crippen LogP contribution is 2.32. The van der Waals surface area contributed by atoms with Crippen LogP contribution >= 0.6 is 0 Å². The quantitative estimate of drug-likeness (QED) is 0.540. The van der Waals surface area contributed by atoms with Gasteiger partial charge in [-0.2, -0.15) is 5.10 Å². The number of benzene rings is 2. The Bertz CT molecular complexity index is 908. The largest absolute Gasteiger partial charge is 0.545 e. The number of methoxy groups -OCH3 is 2. The van der Waals surface area contributed by atoms with Crippen molar-refractivity contribution in [3.05, 3.63) is 52.6 Å². The van der Waals surface area contributed by atoms with Crippen LogP contribution < -0.4 is 24.7 Å². The fraction of sp³-hybridized carbons (Fsp3) is 0.250. The zero-order chi connectivity index (χ0) is 20.7. The number of carboxylic acids is 1. The van der Waals surface area contributed by atoms with Gasteiger partial charge in [0, 0.05) is 5.56 Å². The lowest BCUT2D eigenvalue weighted by Gasteiger charge is -2.15. The van der Waals surface area contributed by atoms with E-state index in [0.717, 1.165) is 11.1 Å². The van der Waals surface area contributed by atoms with Gasteiger partial charge in [0.25, 0.3) is 5.91 Å². The molecule has 0 aliphatic carbocycles. The van der Waals surface area contributed by atoms with Crippen LogP contribution in [0.1, 0.15) is 27.0 Å². The molecule has 0 aromatic heterocycles. The summed E-state index contributed by atoms with van der Waals surface area (Å²) in [4.78, 5) is 23.3.